The maximum absolute atomic E-state index is 11.0. The number of aromatic amines is 1. The molecule has 5 nitrogen and oxygen atoms in total. The number of nitrogens with zero attached hydrogens (tertiary/aromatic N) is 2. The molecule has 0 aliphatic rings. The van der Waals surface area contributed by atoms with E-state index in [0.717, 1.165) is 18.7 Å². The van der Waals surface area contributed by atoms with E-state index >= 15 is 0 Å². The molecular weight excluding hydrogens is 248 g/mol. The van der Waals surface area contributed by atoms with Gasteiger partial charge >= 0.3 is 0 Å². The first-order chi connectivity index (χ1) is 6.83. The summed E-state index contributed by atoms with van der Waals surface area (Å²) in [5, 5.41) is 10.0. The van der Waals surface area contributed by atoms with Gasteiger partial charge in [-0.25, -0.2) is 4.98 Å². The summed E-state index contributed by atoms with van der Waals surface area (Å²) in [6.45, 7) is 0.687. The number of rotatable bonds is 6. The van der Waals surface area contributed by atoms with Crippen LogP contribution in [0.2, 0.25) is 0 Å². The van der Waals surface area contributed by atoms with Gasteiger partial charge in [-0.2, -0.15) is 5.10 Å². The molecule has 2 N–H and O–H groups in total. The highest BCUT2D eigenvalue weighted by Crippen LogP contribution is 1.92. The fourth-order valence-corrected chi connectivity index (χ4v) is 1.37. The molecule has 0 radical (unpaired) electrons. The summed E-state index contributed by atoms with van der Waals surface area (Å²) < 4.78 is 0. The molecule has 0 saturated heterocycles. The summed E-state index contributed by atoms with van der Waals surface area (Å²) in [5.74, 6) is 0.944. The Bertz CT molecular complexity index is 262. The maximum Gasteiger partial charge on any atom is 0.220 e. The van der Waals surface area contributed by atoms with Gasteiger partial charge in [0.2, 0.25) is 5.91 Å². The molecule has 1 aromatic rings. The van der Waals surface area contributed by atoms with Crippen molar-refractivity contribution in [2.24, 2.45) is 0 Å². The van der Waals surface area contributed by atoms with E-state index in [1.54, 1.807) is 0 Å². The molecule has 0 fully saturated rings. The van der Waals surface area contributed by atoms with Crippen molar-refractivity contribution in [1.29, 1.82) is 0 Å². The number of hydrogen-bond donors (Lipinski definition) is 2. The van der Waals surface area contributed by atoms with Gasteiger partial charge in [0.1, 0.15) is 12.2 Å². The van der Waals surface area contributed by atoms with Gasteiger partial charge in [-0.3, -0.25) is 9.89 Å². The lowest BCUT2D eigenvalue weighted by molar-refractivity contribution is -0.120. The monoisotopic (exact) mass is 260 g/mol. The highest BCUT2D eigenvalue weighted by atomic mass is 79.9. The fraction of sp³-hybridized carbons (Fsp3) is 0.625. The Labute approximate surface area is 90.8 Å². The second-order valence-corrected chi connectivity index (χ2v) is 3.62. The van der Waals surface area contributed by atoms with Crippen molar-refractivity contribution in [2.75, 3.05) is 11.9 Å². The summed E-state index contributed by atoms with van der Waals surface area (Å²) in [7, 11) is 0. The van der Waals surface area contributed by atoms with Crippen molar-refractivity contribution in [3.63, 3.8) is 0 Å². The zero-order chi connectivity index (χ0) is 10.2. The van der Waals surface area contributed by atoms with Crippen molar-refractivity contribution in [3.05, 3.63) is 12.2 Å². The Morgan fingerprint density at radius 3 is 3.14 bits per heavy atom. The molecule has 1 aromatic heterocycles. The van der Waals surface area contributed by atoms with Gasteiger partial charge in [-0.15, -0.1) is 0 Å². The first kappa shape index (κ1) is 11.2. The van der Waals surface area contributed by atoms with Crippen molar-refractivity contribution >= 4 is 21.8 Å². The van der Waals surface area contributed by atoms with Crippen LogP contribution in [0.25, 0.3) is 0 Å². The van der Waals surface area contributed by atoms with Gasteiger partial charge in [-0.05, 0) is 6.42 Å². The van der Waals surface area contributed by atoms with Crippen molar-refractivity contribution in [2.45, 2.75) is 19.3 Å². The predicted octanol–water partition coefficient (Wildman–Crippen LogP) is 0.638. The molecule has 0 atom stereocenters. The largest absolute Gasteiger partial charge is 0.356 e. The third kappa shape index (κ3) is 4.36. The molecule has 1 heterocycles. The fourth-order valence-electron chi connectivity index (χ4n) is 1.01. The van der Waals surface area contributed by atoms with E-state index in [2.05, 4.69) is 36.4 Å². The van der Waals surface area contributed by atoms with E-state index in [9.17, 15) is 4.79 Å². The van der Waals surface area contributed by atoms with Gasteiger partial charge in [0, 0.05) is 24.7 Å². The van der Waals surface area contributed by atoms with Crippen LogP contribution in [0.1, 0.15) is 18.7 Å². The zero-order valence-electron chi connectivity index (χ0n) is 7.79. The van der Waals surface area contributed by atoms with Crippen LogP contribution in [0.3, 0.4) is 0 Å². The highest BCUT2D eigenvalue weighted by Gasteiger charge is 1.99. The topological polar surface area (TPSA) is 70.7 Å². The minimum Gasteiger partial charge on any atom is -0.356 e. The lowest BCUT2D eigenvalue weighted by Crippen LogP contribution is -2.24. The van der Waals surface area contributed by atoms with Crippen LogP contribution in [-0.4, -0.2) is 33.0 Å². The minimum atomic E-state index is 0.0828. The molecule has 6 heteroatoms. The van der Waals surface area contributed by atoms with Gasteiger partial charge in [0.15, 0.2) is 0 Å². The van der Waals surface area contributed by atoms with Crippen LogP contribution in [0.15, 0.2) is 6.33 Å². The SMILES string of the molecule is O=C(CCBr)NCCCc1ncn[nH]1. The van der Waals surface area contributed by atoms with Gasteiger partial charge < -0.3 is 5.32 Å². The Morgan fingerprint density at radius 2 is 2.50 bits per heavy atom. The maximum atomic E-state index is 11.0. The van der Waals surface area contributed by atoms with Gasteiger partial charge in [0.05, 0.1) is 0 Å². The van der Waals surface area contributed by atoms with Crippen LogP contribution >= 0.6 is 15.9 Å². The Hall–Kier alpha value is -0.910. The summed E-state index contributed by atoms with van der Waals surface area (Å²) in [4.78, 5) is 15.0. The molecule has 0 aromatic carbocycles. The van der Waals surface area contributed by atoms with Crippen molar-refractivity contribution < 1.29 is 4.79 Å². The van der Waals surface area contributed by atoms with Crippen LogP contribution in [0.4, 0.5) is 0 Å². The van der Waals surface area contributed by atoms with Crippen molar-refractivity contribution in [3.8, 4) is 0 Å². The molecular formula is C8H13BrN4O. The molecule has 1 amide bonds. The number of aryl methyl sites for hydroxylation is 1. The number of aromatic nitrogens is 3. The molecule has 0 bridgehead atoms. The molecule has 0 saturated carbocycles. The second kappa shape index (κ2) is 6.53. The Morgan fingerprint density at radius 1 is 1.64 bits per heavy atom. The number of hydrogen-bond acceptors (Lipinski definition) is 3. The normalized spacial score (nSPS) is 10.1. The number of H-pyrrole nitrogens is 1. The lowest BCUT2D eigenvalue weighted by Gasteiger charge is -2.01. The smallest absolute Gasteiger partial charge is 0.220 e. The molecule has 0 aliphatic carbocycles. The number of carbonyl (C=O) groups is 1. The summed E-state index contributed by atoms with van der Waals surface area (Å²) in [5.41, 5.74) is 0. The molecule has 0 unspecified atom stereocenters. The number of amides is 1. The lowest BCUT2D eigenvalue weighted by atomic mass is 10.3. The molecule has 14 heavy (non-hydrogen) atoms. The molecule has 0 spiro atoms. The van der Waals surface area contributed by atoms with E-state index in [0.29, 0.717) is 18.3 Å². The van der Waals surface area contributed by atoms with E-state index < -0.39 is 0 Å². The predicted molar refractivity (Wildman–Crippen MR) is 56.1 cm³/mol. The third-order valence-corrected chi connectivity index (χ3v) is 2.10. The minimum absolute atomic E-state index is 0.0828. The number of carbonyl (C=O) groups excluding carboxylic acids is 1. The molecule has 1 rings (SSSR count). The van der Waals surface area contributed by atoms with E-state index in [4.69, 9.17) is 0 Å². The van der Waals surface area contributed by atoms with Gasteiger partial charge in [-0.1, -0.05) is 15.9 Å². The van der Waals surface area contributed by atoms with Gasteiger partial charge in [0.25, 0.3) is 0 Å². The van der Waals surface area contributed by atoms with E-state index in [1.807, 2.05) is 0 Å². The van der Waals surface area contributed by atoms with Crippen LogP contribution in [-0.2, 0) is 11.2 Å². The van der Waals surface area contributed by atoms with Crippen LogP contribution in [0.5, 0.6) is 0 Å². The average Bonchev–Trinajstić information content (AvgIpc) is 2.65. The zero-order valence-corrected chi connectivity index (χ0v) is 9.38. The number of halogens is 1. The standard InChI is InChI=1S/C8H13BrN4O/c9-4-3-8(14)10-5-1-2-7-11-6-12-13-7/h6H,1-5H2,(H,10,14)(H,11,12,13). The highest BCUT2D eigenvalue weighted by molar-refractivity contribution is 9.09. The third-order valence-electron chi connectivity index (χ3n) is 1.70. The summed E-state index contributed by atoms with van der Waals surface area (Å²) in [6, 6.07) is 0. The van der Waals surface area contributed by atoms with Crippen LogP contribution in [0, 0.1) is 0 Å². The quantitative estimate of drug-likeness (QED) is 0.583. The van der Waals surface area contributed by atoms with Crippen LogP contribution < -0.4 is 5.32 Å². The molecule has 0 aliphatic heterocycles. The Balaban J connectivity index is 2.02. The average molecular weight is 261 g/mol. The number of nitrogens with one attached hydrogen (secondary N) is 2. The van der Waals surface area contributed by atoms with E-state index in [1.165, 1.54) is 6.33 Å². The first-order valence-corrected chi connectivity index (χ1v) is 5.62. The molecule has 78 valence electrons. The number of alkyl halides is 1. The van der Waals surface area contributed by atoms with Crippen molar-refractivity contribution in [1.82, 2.24) is 20.5 Å². The summed E-state index contributed by atoms with van der Waals surface area (Å²) >= 11 is 3.21. The second-order valence-electron chi connectivity index (χ2n) is 2.82. The Kier molecular flexibility index (Phi) is 5.21. The first-order valence-electron chi connectivity index (χ1n) is 4.50. The van der Waals surface area contributed by atoms with E-state index in [-0.39, 0.29) is 5.91 Å². The summed E-state index contributed by atoms with van der Waals surface area (Å²) in [6.07, 6.45) is 3.71.